The van der Waals surface area contributed by atoms with Gasteiger partial charge in [-0.25, -0.2) is 0 Å². The Labute approximate surface area is 96.6 Å². The van der Waals surface area contributed by atoms with Gasteiger partial charge in [-0.3, -0.25) is 4.90 Å². The molecule has 0 aliphatic carbocycles. The normalized spacial score (nSPS) is 28.8. The SMILES string of the molecule is COc1ccccc1N1CC2CC1CN2C. The van der Waals surface area contributed by atoms with Crippen LogP contribution in [0.2, 0.25) is 0 Å². The molecular weight excluding hydrogens is 200 g/mol. The number of hydrogen-bond acceptors (Lipinski definition) is 3. The smallest absolute Gasteiger partial charge is 0.142 e. The average molecular weight is 218 g/mol. The van der Waals surface area contributed by atoms with Crippen molar-refractivity contribution in [2.24, 2.45) is 0 Å². The van der Waals surface area contributed by atoms with E-state index in [9.17, 15) is 0 Å². The van der Waals surface area contributed by atoms with Crippen molar-refractivity contribution in [1.82, 2.24) is 4.90 Å². The number of benzene rings is 1. The van der Waals surface area contributed by atoms with Crippen LogP contribution in [-0.4, -0.2) is 44.2 Å². The Morgan fingerprint density at radius 3 is 2.62 bits per heavy atom. The predicted octanol–water partition coefficient (Wildman–Crippen LogP) is 1.59. The molecule has 2 atom stereocenters. The van der Waals surface area contributed by atoms with E-state index in [4.69, 9.17) is 4.74 Å². The zero-order valence-electron chi connectivity index (χ0n) is 9.89. The molecule has 1 aromatic carbocycles. The van der Waals surface area contributed by atoms with Crippen molar-refractivity contribution in [3.8, 4) is 5.75 Å². The molecule has 0 amide bonds. The van der Waals surface area contributed by atoms with Crippen molar-refractivity contribution < 1.29 is 4.74 Å². The summed E-state index contributed by atoms with van der Waals surface area (Å²) in [6, 6.07) is 9.74. The summed E-state index contributed by atoms with van der Waals surface area (Å²) in [7, 11) is 3.98. The average Bonchev–Trinajstić information content (AvgIpc) is 2.87. The van der Waals surface area contributed by atoms with Crippen LogP contribution < -0.4 is 9.64 Å². The van der Waals surface area contributed by atoms with Crippen LogP contribution in [0.15, 0.2) is 24.3 Å². The van der Waals surface area contributed by atoms with Gasteiger partial charge in [-0.1, -0.05) is 12.1 Å². The van der Waals surface area contributed by atoms with Crippen LogP contribution in [0.3, 0.4) is 0 Å². The second-order valence-corrected chi connectivity index (χ2v) is 4.81. The van der Waals surface area contributed by atoms with Gasteiger partial charge in [0.1, 0.15) is 5.75 Å². The first-order valence-corrected chi connectivity index (χ1v) is 5.89. The van der Waals surface area contributed by atoms with Crippen molar-refractivity contribution in [1.29, 1.82) is 0 Å². The molecule has 2 aliphatic heterocycles. The van der Waals surface area contributed by atoms with Crippen LogP contribution in [-0.2, 0) is 0 Å². The van der Waals surface area contributed by atoms with E-state index in [2.05, 4.69) is 29.0 Å². The van der Waals surface area contributed by atoms with Crippen molar-refractivity contribution in [2.45, 2.75) is 18.5 Å². The van der Waals surface area contributed by atoms with Gasteiger partial charge in [-0.15, -0.1) is 0 Å². The van der Waals surface area contributed by atoms with Crippen molar-refractivity contribution >= 4 is 5.69 Å². The predicted molar refractivity (Wildman–Crippen MR) is 65.2 cm³/mol. The highest BCUT2D eigenvalue weighted by molar-refractivity contribution is 5.60. The number of nitrogens with zero attached hydrogens (tertiary/aromatic N) is 2. The lowest BCUT2D eigenvalue weighted by Crippen LogP contribution is -2.44. The molecule has 2 fully saturated rings. The molecule has 1 aromatic rings. The molecule has 2 unspecified atom stereocenters. The molecule has 86 valence electrons. The maximum Gasteiger partial charge on any atom is 0.142 e. The lowest BCUT2D eigenvalue weighted by atomic mass is 10.2. The van der Waals surface area contributed by atoms with Crippen molar-refractivity contribution in [2.75, 3.05) is 32.1 Å². The molecular formula is C13H18N2O. The second-order valence-electron chi connectivity index (χ2n) is 4.81. The molecule has 0 radical (unpaired) electrons. The largest absolute Gasteiger partial charge is 0.495 e. The van der Waals surface area contributed by atoms with Crippen LogP contribution in [0, 0.1) is 0 Å². The molecule has 0 aromatic heterocycles. The van der Waals surface area contributed by atoms with Gasteiger partial charge < -0.3 is 9.64 Å². The summed E-state index contributed by atoms with van der Waals surface area (Å²) in [5, 5.41) is 0. The fourth-order valence-corrected chi connectivity index (χ4v) is 3.03. The van der Waals surface area contributed by atoms with Crippen LogP contribution in [0.25, 0.3) is 0 Å². The number of piperazine rings is 1. The zero-order valence-corrected chi connectivity index (χ0v) is 9.89. The Bertz CT molecular complexity index is 391. The molecule has 2 saturated heterocycles. The second kappa shape index (κ2) is 3.67. The number of hydrogen-bond donors (Lipinski definition) is 0. The summed E-state index contributed by atoms with van der Waals surface area (Å²) < 4.78 is 5.44. The van der Waals surface area contributed by atoms with Gasteiger partial charge >= 0.3 is 0 Å². The fraction of sp³-hybridized carbons (Fsp3) is 0.538. The minimum absolute atomic E-state index is 0.672. The van der Waals surface area contributed by atoms with E-state index in [1.165, 1.54) is 18.7 Å². The van der Waals surface area contributed by atoms with Crippen LogP contribution >= 0.6 is 0 Å². The van der Waals surface area contributed by atoms with Gasteiger partial charge in [-0.05, 0) is 25.6 Å². The third kappa shape index (κ3) is 1.39. The number of ether oxygens (including phenoxy) is 1. The Balaban J connectivity index is 1.89. The molecule has 0 N–H and O–H groups in total. The maximum atomic E-state index is 5.44. The molecule has 2 heterocycles. The highest BCUT2D eigenvalue weighted by Crippen LogP contribution is 2.37. The lowest BCUT2D eigenvalue weighted by Gasteiger charge is -2.34. The fourth-order valence-electron chi connectivity index (χ4n) is 3.03. The summed E-state index contributed by atoms with van der Waals surface area (Å²) in [6.45, 7) is 2.32. The Hall–Kier alpha value is -1.22. The third-order valence-electron chi connectivity index (χ3n) is 3.91. The quantitative estimate of drug-likeness (QED) is 0.749. The number of methoxy groups -OCH3 is 1. The van der Waals surface area contributed by atoms with E-state index in [1.54, 1.807) is 7.11 Å². The minimum atomic E-state index is 0.672. The molecule has 3 nitrogen and oxygen atoms in total. The summed E-state index contributed by atoms with van der Waals surface area (Å²) in [4.78, 5) is 4.97. The zero-order chi connectivity index (χ0) is 11.1. The minimum Gasteiger partial charge on any atom is -0.495 e. The van der Waals surface area contributed by atoms with E-state index < -0.39 is 0 Å². The molecule has 2 aliphatic rings. The summed E-state index contributed by atoms with van der Waals surface area (Å²) in [6.07, 6.45) is 1.30. The molecule has 2 bridgehead atoms. The molecule has 3 rings (SSSR count). The highest BCUT2D eigenvalue weighted by Gasteiger charge is 2.42. The molecule has 16 heavy (non-hydrogen) atoms. The van der Waals surface area contributed by atoms with Gasteiger partial charge in [0.15, 0.2) is 0 Å². The maximum absolute atomic E-state index is 5.44. The number of fused-ring (bicyclic) bond motifs is 2. The van der Waals surface area contributed by atoms with Gasteiger partial charge in [0.05, 0.1) is 12.8 Å². The first-order chi connectivity index (χ1) is 7.79. The van der Waals surface area contributed by atoms with Crippen LogP contribution in [0.5, 0.6) is 5.75 Å². The lowest BCUT2D eigenvalue weighted by molar-refractivity contribution is 0.291. The van der Waals surface area contributed by atoms with Crippen LogP contribution in [0.1, 0.15) is 6.42 Å². The number of likely N-dealkylation sites (tertiary alicyclic amines) is 1. The molecule has 0 saturated carbocycles. The number of anilines is 1. The number of para-hydroxylation sites is 2. The monoisotopic (exact) mass is 218 g/mol. The summed E-state index contributed by atoms with van der Waals surface area (Å²) in [5.41, 5.74) is 1.26. The number of likely N-dealkylation sites (N-methyl/N-ethyl adjacent to an activating group) is 1. The van der Waals surface area contributed by atoms with Crippen molar-refractivity contribution in [3.63, 3.8) is 0 Å². The van der Waals surface area contributed by atoms with E-state index in [-0.39, 0.29) is 0 Å². The van der Waals surface area contributed by atoms with Crippen LogP contribution in [0.4, 0.5) is 5.69 Å². The van der Waals surface area contributed by atoms with E-state index in [0.29, 0.717) is 6.04 Å². The van der Waals surface area contributed by atoms with Gasteiger partial charge in [0.2, 0.25) is 0 Å². The van der Waals surface area contributed by atoms with Gasteiger partial charge in [-0.2, -0.15) is 0 Å². The third-order valence-corrected chi connectivity index (χ3v) is 3.91. The standard InChI is InChI=1S/C13H18N2O/c1-14-8-11-7-10(14)9-15(11)12-5-3-4-6-13(12)16-2/h3-6,10-11H,7-9H2,1-2H3. The van der Waals surface area contributed by atoms with Gasteiger partial charge in [0, 0.05) is 25.2 Å². The number of rotatable bonds is 2. The van der Waals surface area contributed by atoms with E-state index in [1.807, 2.05) is 12.1 Å². The van der Waals surface area contributed by atoms with Gasteiger partial charge in [0.25, 0.3) is 0 Å². The topological polar surface area (TPSA) is 15.7 Å². The van der Waals surface area contributed by atoms with E-state index in [0.717, 1.165) is 18.3 Å². The van der Waals surface area contributed by atoms with E-state index >= 15 is 0 Å². The first-order valence-electron chi connectivity index (χ1n) is 5.89. The highest BCUT2D eigenvalue weighted by atomic mass is 16.5. The molecule has 0 spiro atoms. The first kappa shape index (κ1) is 9.97. The Morgan fingerprint density at radius 1 is 1.19 bits per heavy atom. The Kier molecular flexibility index (Phi) is 2.28. The summed E-state index contributed by atoms with van der Waals surface area (Å²) >= 11 is 0. The summed E-state index contributed by atoms with van der Waals surface area (Å²) in [5.74, 6) is 0.998. The molecule has 3 heteroatoms. The Morgan fingerprint density at radius 2 is 2.00 bits per heavy atom. The van der Waals surface area contributed by atoms with Crippen molar-refractivity contribution in [3.05, 3.63) is 24.3 Å².